The van der Waals surface area contributed by atoms with Crippen molar-refractivity contribution in [3.63, 3.8) is 0 Å². The van der Waals surface area contributed by atoms with Crippen LogP contribution in [0.15, 0.2) is 40.9 Å². The number of aliphatic hydroxyl groups excluding tert-OH is 1. The van der Waals surface area contributed by atoms with Gasteiger partial charge in [0, 0.05) is 16.5 Å². The molecule has 104 valence electrons. The molecular formula is C17H17BrO2. The Labute approximate surface area is 127 Å². The second-order valence-corrected chi connectivity index (χ2v) is 6.26. The van der Waals surface area contributed by atoms with Crippen molar-refractivity contribution in [1.82, 2.24) is 0 Å². The van der Waals surface area contributed by atoms with Crippen molar-refractivity contribution < 1.29 is 9.84 Å². The van der Waals surface area contributed by atoms with E-state index in [0.717, 1.165) is 15.8 Å². The van der Waals surface area contributed by atoms with Crippen LogP contribution in [0, 0.1) is 13.8 Å². The molecule has 0 aromatic heterocycles. The highest BCUT2D eigenvalue weighted by atomic mass is 79.9. The van der Waals surface area contributed by atoms with Crippen LogP contribution in [0.5, 0.6) is 5.75 Å². The van der Waals surface area contributed by atoms with Crippen LogP contribution in [0.2, 0.25) is 0 Å². The summed E-state index contributed by atoms with van der Waals surface area (Å²) < 4.78 is 7.09. The van der Waals surface area contributed by atoms with Gasteiger partial charge in [-0.3, -0.25) is 0 Å². The van der Waals surface area contributed by atoms with E-state index in [1.54, 1.807) is 0 Å². The first-order chi connectivity index (χ1) is 9.56. The minimum atomic E-state index is -0.486. The van der Waals surface area contributed by atoms with Gasteiger partial charge in [-0.15, -0.1) is 0 Å². The third-order valence-corrected chi connectivity index (χ3v) is 4.39. The van der Waals surface area contributed by atoms with Gasteiger partial charge in [-0.05, 0) is 48.7 Å². The van der Waals surface area contributed by atoms with Crippen molar-refractivity contribution in [1.29, 1.82) is 0 Å². The fourth-order valence-corrected chi connectivity index (χ4v) is 3.31. The molecule has 0 spiro atoms. The van der Waals surface area contributed by atoms with E-state index in [2.05, 4.69) is 48.0 Å². The molecule has 0 aliphatic carbocycles. The van der Waals surface area contributed by atoms with Crippen LogP contribution in [-0.2, 0) is 0 Å². The van der Waals surface area contributed by atoms with E-state index < -0.39 is 6.10 Å². The maximum Gasteiger partial charge on any atom is 0.127 e. The summed E-state index contributed by atoms with van der Waals surface area (Å²) >= 11 is 3.43. The molecule has 2 aromatic carbocycles. The lowest BCUT2D eigenvalue weighted by Gasteiger charge is -2.31. The van der Waals surface area contributed by atoms with Gasteiger partial charge in [-0.2, -0.15) is 0 Å². The van der Waals surface area contributed by atoms with Gasteiger partial charge in [0.15, 0.2) is 0 Å². The molecule has 20 heavy (non-hydrogen) atoms. The highest BCUT2D eigenvalue weighted by Gasteiger charge is 2.29. The highest BCUT2D eigenvalue weighted by molar-refractivity contribution is 9.10. The summed E-state index contributed by atoms with van der Waals surface area (Å²) in [6.45, 7) is 4.18. The Hall–Kier alpha value is -1.32. The molecule has 0 fully saturated rings. The van der Waals surface area contributed by atoms with Crippen LogP contribution < -0.4 is 4.74 Å². The molecule has 0 bridgehead atoms. The molecule has 1 aliphatic rings. The molecule has 2 nitrogen and oxygen atoms in total. The summed E-state index contributed by atoms with van der Waals surface area (Å²) in [7, 11) is 0. The van der Waals surface area contributed by atoms with Crippen molar-refractivity contribution in [2.45, 2.75) is 32.5 Å². The fourth-order valence-electron chi connectivity index (χ4n) is 2.93. The molecule has 1 unspecified atom stereocenters. The normalized spacial score (nSPS) is 21.2. The minimum absolute atomic E-state index is 0.0834. The number of aliphatic hydroxyl groups is 1. The van der Waals surface area contributed by atoms with Crippen LogP contribution >= 0.6 is 15.9 Å². The molecule has 0 amide bonds. The summed E-state index contributed by atoms with van der Waals surface area (Å²) in [5.74, 6) is 0.777. The molecule has 2 atom stereocenters. The van der Waals surface area contributed by atoms with Gasteiger partial charge in [0.25, 0.3) is 0 Å². The van der Waals surface area contributed by atoms with Crippen LogP contribution in [-0.4, -0.2) is 5.11 Å². The van der Waals surface area contributed by atoms with Crippen LogP contribution in [0.4, 0.5) is 0 Å². The van der Waals surface area contributed by atoms with Crippen LogP contribution in [0.1, 0.15) is 40.9 Å². The van der Waals surface area contributed by atoms with Crippen molar-refractivity contribution in [2.75, 3.05) is 0 Å². The van der Waals surface area contributed by atoms with Gasteiger partial charge in [0.1, 0.15) is 11.9 Å². The Morgan fingerprint density at radius 3 is 2.55 bits per heavy atom. The summed E-state index contributed by atoms with van der Waals surface area (Å²) in [6.07, 6.45) is 0.0231. The van der Waals surface area contributed by atoms with Gasteiger partial charge in [0.2, 0.25) is 0 Å². The Morgan fingerprint density at radius 2 is 1.85 bits per heavy atom. The molecule has 1 heterocycles. The summed E-state index contributed by atoms with van der Waals surface area (Å²) in [6, 6.07) is 12.0. The zero-order valence-corrected chi connectivity index (χ0v) is 13.1. The first kappa shape index (κ1) is 13.7. The number of fused-ring (bicyclic) bond motifs is 1. The second-order valence-electron chi connectivity index (χ2n) is 5.35. The minimum Gasteiger partial charge on any atom is -0.485 e. The largest absolute Gasteiger partial charge is 0.485 e. The van der Waals surface area contributed by atoms with Gasteiger partial charge in [0.05, 0.1) is 6.10 Å². The van der Waals surface area contributed by atoms with E-state index in [-0.39, 0.29) is 6.10 Å². The van der Waals surface area contributed by atoms with Gasteiger partial charge in [-0.1, -0.05) is 34.1 Å². The van der Waals surface area contributed by atoms with Crippen molar-refractivity contribution in [3.05, 3.63) is 63.1 Å². The average molecular weight is 333 g/mol. The Balaban J connectivity index is 2.01. The monoisotopic (exact) mass is 332 g/mol. The average Bonchev–Trinajstić information content (AvgIpc) is 2.39. The van der Waals surface area contributed by atoms with Crippen molar-refractivity contribution in [3.8, 4) is 5.75 Å². The standard InChI is InChI=1S/C17H17BrO2/c1-10-4-3-5-11(2)17(10)16-9-14(19)13-8-12(18)6-7-15(13)20-16/h3-8,14,16,19H,9H2,1-2H3/t14-,16?/m0/s1. The quantitative estimate of drug-likeness (QED) is 0.825. The number of ether oxygens (including phenoxy) is 1. The molecule has 0 radical (unpaired) electrons. The van der Waals surface area contributed by atoms with E-state index in [0.29, 0.717) is 6.42 Å². The number of aryl methyl sites for hydroxylation is 2. The molecule has 0 saturated carbocycles. The fraction of sp³-hybridized carbons (Fsp3) is 0.294. The maximum atomic E-state index is 10.4. The SMILES string of the molecule is Cc1cccc(C)c1C1C[C@H](O)c2cc(Br)ccc2O1. The number of halogens is 1. The lowest BCUT2D eigenvalue weighted by Crippen LogP contribution is -2.20. The van der Waals surface area contributed by atoms with Gasteiger partial charge < -0.3 is 9.84 Å². The van der Waals surface area contributed by atoms with Crippen LogP contribution in [0.25, 0.3) is 0 Å². The Morgan fingerprint density at radius 1 is 1.15 bits per heavy atom. The number of hydrogen-bond acceptors (Lipinski definition) is 2. The zero-order valence-electron chi connectivity index (χ0n) is 11.6. The number of rotatable bonds is 1. The smallest absolute Gasteiger partial charge is 0.127 e. The molecule has 0 saturated heterocycles. The van der Waals surface area contributed by atoms with E-state index >= 15 is 0 Å². The molecular weight excluding hydrogens is 316 g/mol. The van der Waals surface area contributed by atoms with Gasteiger partial charge >= 0.3 is 0 Å². The van der Waals surface area contributed by atoms with E-state index in [9.17, 15) is 5.11 Å². The van der Waals surface area contributed by atoms with Crippen molar-refractivity contribution >= 4 is 15.9 Å². The predicted molar refractivity (Wildman–Crippen MR) is 83.0 cm³/mol. The third kappa shape index (κ3) is 2.36. The lowest BCUT2D eigenvalue weighted by molar-refractivity contribution is 0.0651. The number of hydrogen-bond donors (Lipinski definition) is 1. The molecule has 1 N–H and O–H groups in total. The summed E-state index contributed by atoms with van der Waals surface area (Å²) in [5.41, 5.74) is 4.48. The Bertz CT molecular complexity index is 631. The topological polar surface area (TPSA) is 29.5 Å². The second kappa shape index (κ2) is 5.23. The van der Waals surface area contributed by atoms with Crippen LogP contribution in [0.3, 0.4) is 0 Å². The Kier molecular flexibility index (Phi) is 3.57. The maximum absolute atomic E-state index is 10.4. The lowest BCUT2D eigenvalue weighted by atomic mass is 9.90. The summed E-state index contributed by atoms with van der Waals surface area (Å²) in [4.78, 5) is 0. The van der Waals surface area contributed by atoms with E-state index in [1.807, 2.05) is 18.2 Å². The van der Waals surface area contributed by atoms with E-state index in [4.69, 9.17) is 4.74 Å². The third-order valence-electron chi connectivity index (χ3n) is 3.90. The first-order valence-corrected chi connectivity index (χ1v) is 7.56. The molecule has 1 aliphatic heterocycles. The van der Waals surface area contributed by atoms with Gasteiger partial charge in [-0.25, -0.2) is 0 Å². The molecule has 3 heteroatoms. The molecule has 2 aromatic rings. The highest BCUT2D eigenvalue weighted by Crippen LogP contribution is 2.43. The zero-order chi connectivity index (χ0) is 14.3. The van der Waals surface area contributed by atoms with Crippen molar-refractivity contribution in [2.24, 2.45) is 0 Å². The van der Waals surface area contributed by atoms with E-state index in [1.165, 1.54) is 16.7 Å². The number of benzene rings is 2. The molecule has 3 rings (SSSR count). The predicted octanol–water partition coefficient (Wildman–Crippen LogP) is 4.62. The summed E-state index contributed by atoms with van der Waals surface area (Å²) in [5, 5.41) is 10.4. The first-order valence-electron chi connectivity index (χ1n) is 6.76.